The number of ketones is 1. The Labute approximate surface area is 130 Å². The van der Waals surface area contributed by atoms with Crippen molar-refractivity contribution in [3.63, 3.8) is 0 Å². The van der Waals surface area contributed by atoms with Crippen molar-refractivity contribution in [2.45, 2.75) is 57.7 Å². The summed E-state index contributed by atoms with van der Waals surface area (Å²) in [7, 11) is 5.18. The van der Waals surface area contributed by atoms with Gasteiger partial charge < -0.3 is 4.90 Å². The van der Waals surface area contributed by atoms with Crippen LogP contribution in [0.1, 0.15) is 47.0 Å². The van der Waals surface area contributed by atoms with Crippen LogP contribution in [0, 0.1) is 0 Å². The van der Waals surface area contributed by atoms with Crippen molar-refractivity contribution < 1.29 is 9.59 Å². The third-order valence-corrected chi connectivity index (χ3v) is 6.87. The maximum Gasteiger partial charge on any atom is 0.222 e. The molecule has 106 valence electrons. The van der Waals surface area contributed by atoms with Gasteiger partial charge in [0.15, 0.2) is 5.78 Å². The SMILES string of the molecule is CCC(=O)[C@H](C)N(C)C(=O)CCC(C)(C)SSI. The predicted octanol–water partition coefficient (Wildman–Crippen LogP) is 4.10. The number of hydrogen-bond donors (Lipinski definition) is 0. The van der Waals surface area contributed by atoms with E-state index in [0.717, 1.165) is 6.42 Å². The Balaban J connectivity index is 4.29. The Bertz CT molecular complexity index is 298. The third-order valence-electron chi connectivity index (χ3n) is 2.99. The van der Waals surface area contributed by atoms with Gasteiger partial charge in [0.2, 0.25) is 5.91 Å². The molecule has 1 atom stereocenters. The number of hydrogen-bond acceptors (Lipinski definition) is 4. The molecule has 0 rings (SSSR count). The lowest BCUT2D eigenvalue weighted by Crippen LogP contribution is -2.40. The number of halogens is 1. The first-order valence-electron chi connectivity index (χ1n) is 6.00. The molecule has 3 nitrogen and oxygen atoms in total. The van der Waals surface area contributed by atoms with Crippen molar-refractivity contribution in [3.8, 4) is 0 Å². The molecule has 0 radical (unpaired) electrons. The molecular weight excluding hydrogens is 381 g/mol. The summed E-state index contributed by atoms with van der Waals surface area (Å²) in [6, 6.07) is -0.308. The van der Waals surface area contributed by atoms with Gasteiger partial charge in [0.1, 0.15) is 0 Å². The molecule has 0 N–H and O–H groups in total. The standard InChI is InChI=1S/C12H22INO2S2/c1-6-10(15)9(2)14(5)11(16)7-8-12(3,4)17-18-13/h9H,6-8H2,1-5H3/t9-/m0/s1. The Kier molecular flexibility index (Phi) is 8.96. The van der Waals surface area contributed by atoms with Crippen molar-refractivity contribution in [1.82, 2.24) is 4.90 Å². The highest BCUT2D eigenvalue weighted by Crippen LogP contribution is 2.42. The second kappa shape index (κ2) is 8.68. The molecule has 0 spiro atoms. The van der Waals surface area contributed by atoms with Gasteiger partial charge in [-0.1, -0.05) is 17.7 Å². The number of nitrogens with zero attached hydrogens (tertiary/aromatic N) is 1. The van der Waals surface area contributed by atoms with Gasteiger partial charge in [-0.25, -0.2) is 0 Å². The first-order valence-corrected chi connectivity index (χ1v) is 10.7. The minimum absolute atomic E-state index is 0.0523. The van der Waals surface area contributed by atoms with E-state index in [2.05, 4.69) is 35.1 Å². The molecule has 0 heterocycles. The van der Waals surface area contributed by atoms with Crippen LogP contribution in [0.15, 0.2) is 0 Å². The summed E-state index contributed by atoms with van der Waals surface area (Å²) in [5.41, 5.74) is 0. The lowest BCUT2D eigenvalue weighted by atomic mass is 10.1. The lowest BCUT2D eigenvalue weighted by molar-refractivity contribution is -0.137. The lowest BCUT2D eigenvalue weighted by Gasteiger charge is -2.26. The van der Waals surface area contributed by atoms with Crippen LogP contribution in [-0.4, -0.2) is 34.4 Å². The van der Waals surface area contributed by atoms with Gasteiger partial charge in [0, 0.05) is 45.8 Å². The van der Waals surface area contributed by atoms with E-state index < -0.39 is 0 Å². The minimum Gasteiger partial charge on any atom is -0.336 e. The summed E-state index contributed by atoms with van der Waals surface area (Å²) in [6.07, 6.45) is 1.80. The van der Waals surface area contributed by atoms with Gasteiger partial charge in [0.25, 0.3) is 0 Å². The second-order valence-electron chi connectivity index (χ2n) is 4.91. The zero-order valence-corrected chi connectivity index (χ0v) is 15.4. The van der Waals surface area contributed by atoms with E-state index in [-0.39, 0.29) is 22.5 Å². The molecule has 0 aliphatic rings. The fraction of sp³-hybridized carbons (Fsp3) is 0.833. The molecule has 0 aliphatic carbocycles. The van der Waals surface area contributed by atoms with Crippen LogP contribution in [0.4, 0.5) is 0 Å². The molecule has 1 amide bonds. The van der Waals surface area contributed by atoms with Gasteiger partial charge >= 0.3 is 0 Å². The molecule has 0 saturated heterocycles. The van der Waals surface area contributed by atoms with Gasteiger partial charge in [-0.15, -0.1) is 0 Å². The Hall–Kier alpha value is 0.570. The summed E-state index contributed by atoms with van der Waals surface area (Å²) < 4.78 is 0.0837. The van der Waals surface area contributed by atoms with Crippen LogP contribution in [0.3, 0.4) is 0 Å². The fourth-order valence-electron chi connectivity index (χ4n) is 1.44. The van der Waals surface area contributed by atoms with Crippen LogP contribution < -0.4 is 0 Å². The van der Waals surface area contributed by atoms with E-state index in [1.54, 1.807) is 37.6 Å². The van der Waals surface area contributed by atoms with Crippen LogP contribution in [0.2, 0.25) is 0 Å². The van der Waals surface area contributed by atoms with Gasteiger partial charge in [-0.3, -0.25) is 9.59 Å². The van der Waals surface area contributed by atoms with Crippen molar-refractivity contribution in [2.24, 2.45) is 0 Å². The Morgan fingerprint density at radius 3 is 2.39 bits per heavy atom. The first kappa shape index (κ1) is 18.6. The van der Waals surface area contributed by atoms with E-state index in [1.807, 2.05) is 6.92 Å². The van der Waals surface area contributed by atoms with Crippen molar-refractivity contribution >= 4 is 51.7 Å². The van der Waals surface area contributed by atoms with E-state index in [0.29, 0.717) is 12.8 Å². The maximum atomic E-state index is 12.0. The van der Waals surface area contributed by atoms with Crippen LogP contribution >= 0.6 is 40.0 Å². The first-order chi connectivity index (χ1) is 8.25. The van der Waals surface area contributed by atoms with Gasteiger partial charge in [-0.2, -0.15) is 0 Å². The average molecular weight is 403 g/mol. The summed E-state index contributed by atoms with van der Waals surface area (Å²) in [4.78, 5) is 25.1. The summed E-state index contributed by atoms with van der Waals surface area (Å²) >= 11 is 2.25. The van der Waals surface area contributed by atoms with Crippen molar-refractivity contribution in [1.29, 1.82) is 0 Å². The average Bonchev–Trinajstić information content (AvgIpc) is 2.33. The van der Waals surface area contributed by atoms with Crippen LogP contribution in [0.5, 0.6) is 0 Å². The summed E-state index contributed by atoms with van der Waals surface area (Å²) in [5.74, 6) is 0.165. The molecule has 0 aromatic heterocycles. The molecule has 0 aromatic carbocycles. The highest BCUT2D eigenvalue weighted by atomic mass is 127. The van der Waals surface area contributed by atoms with Crippen LogP contribution in [0.25, 0.3) is 0 Å². The molecule has 0 aliphatic heterocycles. The number of rotatable bonds is 8. The third kappa shape index (κ3) is 6.65. The smallest absolute Gasteiger partial charge is 0.222 e. The predicted molar refractivity (Wildman–Crippen MR) is 90.0 cm³/mol. The normalized spacial score (nSPS) is 13.2. The second-order valence-corrected chi connectivity index (χ2v) is 10.4. The van der Waals surface area contributed by atoms with E-state index in [9.17, 15) is 9.59 Å². The fourth-order valence-corrected chi connectivity index (χ4v) is 6.94. The monoisotopic (exact) mass is 403 g/mol. The minimum atomic E-state index is -0.308. The zero-order chi connectivity index (χ0) is 14.3. The van der Waals surface area contributed by atoms with E-state index >= 15 is 0 Å². The Morgan fingerprint density at radius 1 is 1.39 bits per heavy atom. The van der Waals surface area contributed by atoms with Crippen molar-refractivity contribution in [3.05, 3.63) is 0 Å². The number of carbonyl (C=O) groups excluding carboxylic acids is 2. The molecule has 18 heavy (non-hydrogen) atoms. The molecular formula is C12H22INO2S2. The molecule has 0 aromatic rings. The molecule has 0 saturated carbocycles. The molecule has 0 unspecified atom stereocenters. The highest BCUT2D eigenvalue weighted by molar-refractivity contribution is 14.2. The number of Topliss-reactive ketones (excluding diaryl/α,β-unsaturated/α-hetero) is 1. The summed E-state index contributed by atoms with van der Waals surface area (Å²) in [6.45, 7) is 7.90. The molecule has 0 fully saturated rings. The van der Waals surface area contributed by atoms with Gasteiger partial charge in [0.05, 0.1) is 6.04 Å². The van der Waals surface area contributed by atoms with Crippen LogP contribution in [-0.2, 0) is 9.59 Å². The molecule has 6 heteroatoms. The topological polar surface area (TPSA) is 37.4 Å². The zero-order valence-electron chi connectivity index (χ0n) is 11.7. The quantitative estimate of drug-likeness (QED) is 0.452. The summed E-state index contributed by atoms with van der Waals surface area (Å²) in [5, 5.41) is 0. The maximum absolute atomic E-state index is 12.0. The van der Waals surface area contributed by atoms with E-state index in [1.165, 1.54) is 0 Å². The number of likely N-dealkylation sites (N-methyl/N-ethyl adjacent to an activating group) is 1. The number of amides is 1. The Morgan fingerprint density at radius 2 is 1.94 bits per heavy atom. The van der Waals surface area contributed by atoms with Gasteiger partial charge in [-0.05, 0) is 35.2 Å². The molecule has 0 bridgehead atoms. The highest BCUT2D eigenvalue weighted by Gasteiger charge is 2.24. The largest absolute Gasteiger partial charge is 0.336 e. The van der Waals surface area contributed by atoms with E-state index in [4.69, 9.17) is 0 Å². The van der Waals surface area contributed by atoms with Crippen molar-refractivity contribution in [2.75, 3.05) is 7.05 Å². The number of carbonyl (C=O) groups is 2.